The molecule has 0 aliphatic heterocycles. The van der Waals surface area contributed by atoms with Crippen LogP contribution in [0.1, 0.15) is 37.5 Å². The fourth-order valence-corrected chi connectivity index (χ4v) is 1.93. The van der Waals surface area contributed by atoms with Crippen LogP contribution in [0.25, 0.3) is 0 Å². The molecule has 0 heterocycles. The van der Waals surface area contributed by atoms with Crippen molar-refractivity contribution in [1.82, 2.24) is 0 Å². The number of hydrogen-bond donors (Lipinski definition) is 1. The Bertz CT molecular complexity index is 441. The molecule has 0 unspecified atom stereocenters. The van der Waals surface area contributed by atoms with Gasteiger partial charge in [-0.2, -0.15) is 0 Å². The van der Waals surface area contributed by atoms with E-state index in [1.165, 1.54) is 0 Å². The predicted octanol–water partition coefficient (Wildman–Crippen LogP) is 3.13. The van der Waals surface area contributed by atoms with Gasteiger partial charge in [-0.15, -0.1) is 0 Å². The summed E-state index contributed by atoms with van der Waals surface area (Å²) in [7, 11) is 0. The molecule has 106 valence electrons. The minimum atomic E-state index is -0.136. The van der Waals surface area contributed by atoms with E-state index in [4.69, 9.17) is 27.4 Å². The molecule has 1 rings (SSSR count). The Labute approximate surface area is 121 Å². The SMILES string of the molecule is Cc1cc(C(N)=S)cc(C)c1OCCOC(C)(C)C. The van der Waals surface area contributed by atoms with Gasteiger partial charge < -0.3 is 15.2 Å². The van der Waals surface area contributed by atoms with Gasteiger partial charge in [0.25, 0.3) is 0 Å². The number of thiocarbonyl (C=S) groups is 1. The van der Waals surface area contributed by atoms with Crippen LogP contribution < -0.4 is 10.5 Å². The summed E-state index contributed by atoms with van der Waals surface area (Å²) in [6.45, 7) is 11.2. The second-order valence-corrected chi connectivity index (χ2v) is 6.05. The van der Waals surface area contributed by atoms with E-state index in [1.807, 2.05) is 46.8 Å². The fourth-order valence-electron chi connectivity index (χ4n) is 1.81. The second kappa shape index (κ2) is 6.35. The molecule has 0 aliphatic rings. The first-order valence-electron chi connectivity index (χ1n) is 6.38. The van der Waals surface area contributed by atoms with Gasteiger partial charge in [-0.3, -0.25) is 0 Å². The van der Waals surface area contributed by atoms with Crippen molar-refractivity contribution in [3.8, 4) is 5.75 Å². The molecule has 0 atom stereocenters. The highest BCUT2D eigenvalue weighted by Gasteiger charge is 2.11. The minimum absolute atomic E-state index is 0.136. The van der Waals surface area contributed by atoms with Crippen LogP contribution in [0, 0.1) is 13.8 Å². The van der Waals surface area contributed by atoms with Gasteiger partial charge in [0.2, 0.25) is 0 Å². The normalized spacial score (nSPS) is 11.4. The molecule has 0 bridgehead atoms. The minimum Gasteiger partial charge on any atom is -0.491 e. The predicted molar refractivity (Wildman–Crippen MR) is 83.0 cm³/mol. The molecular formula is C15H23NO2S. The van der Waals surface area contributed by atoms with Crippen molar-refractivity contribution < 1.29 is 9.47 Å². The van der Waals surface area contributed by atoms with Gasteiger partial charge in [0.1, 0.15) is 17.3 Å². The molecule has 0 radical (unpaired) electrons. The number of rotatable bonds is 5. The maximum absolute atomic E-state index is 5.79. The molecule has 19 heavy (non-hydrogen) atoms. The summed E-state index contributed by atoms with van der Waals surface area (Å²) in [5.41, 5.74) is 8.46. The fraction of sp³-hybridized carbons (Fsp3) is 0.533. The number of hydrogen-bond acceptors (Lipinski definition) is 3. The van der Waals surface area contributed by atoms with E-state index in [0.717, 1.165) is 22.4 Å². The second-order valence-electron chi connectivity index (χ2n) is 5.61. The Morgan fingerprint density at radius 1 is 1.16 bits per heavy atom. The Kier molecular flexibility index (Phi) is 5.32. The van der Waals surface area contributed by atoms with Gasteiger partial charge in [0.15, 0.2) is 0 Å². The third kappa shape index (κ3) is 5.17. The molecule has 0 spiro atoms. The van der Waals surface area contributed by atoms with E-state index in [0.29, 0.717) is 18.2 Å². The summed E-state index contributed by atoms with van der Waals surface area (Å²) in [6, 6.07) is 3.91. The lowest BCUT2D eigenvalue weighted by Crippen LogP contribution is -2.22. The van der Waals surface area contributed by atoms with Crippen LogP contribution in [0.5, 0.6) is 5.75 Å². The summed E-state index contributed by atoms with van der Waals surface area (Å²) in [5, 5.41) is 0. The highest BCUT2D eigenvalue weighted by atomic mass is 32.1. The van der Waals surface area contributed by atoms with Crippen molar-refractivity contribution in [2.75, 3.05) is 13.2 Å². The number of nitrogens with two attached hydrogens (primary N) is 1. The van der Waals surface area contributed by atoms with Crippen molar-refractivity contribution in [2.24, 2.45) is 5.73 Å². The molecule has 1 aromatic carbocycles. The third-order valence-electron chi connectivity index (χ3n) is 2.61. The van der Waals surface area contributed by atoms with Gasteiger partial charge in [0, 0.05) is 5.56 Å². The lowest BCUT2D eigenvalue weighted by atomic mass is 10.1. The summed E-state index contributed by atoms with van der Waals surface area (Å²) >= 11 is 4.99. The molecule has 0 aliphatic carbocycles. The highest BCUT2D eigenvalue weighted by Crippen LogP contribution is 2.24. The average Bonchev–Trinajstić information content (AvgIpc) is 2.25. The molecule has 2 N–H and O–H groups in total. The number of aryl methyl sites for hydroxylation is 2. The van der Waals surface area contributed by atoms with E-state index in [9.17, 15) is 0 Å². The lowest BCUT2D eigenvalue weighted by Gasteiger charge is -2.20. The zero-order valence-corrected chi connectivity index (χ0v) is 13.2. The quantitative estimate of drug-likeness (QED) is 0.665. The lowest BCUT2D eigenvalue weighted by molar-refractivity contribution is -0.0164. The Balaban J connectivity index is 2.67. The van der Waals surface area contributed by atoms with Crippen LogP contribution in [0.3, 0.4) is 0 Å². The Hall–Kier alpha value is -1.13. The first kappa shape index (κ1) is 15.9. The molecule has 1 aromatic rings. The highest BCUT2D eigenvalue weighted by molar-refractivity contribution is 7.80. The van der Waals surface area contributed by atoms with Crippen molar-refractivity contribution in [2.45, 2.75) is 40.2 Å². The van der Waals surface area contributed by atoms with Crippen LogP contribution in [0.4, 0.5) is 0 Å². The van der Waals surface area contributed by atoms with Crippen molar-refractivity contribution in [1.29, 1.82) is 0 Å². The van der Waals surface area contributed by atoms with E-state index >= 15 is 0 Å². The van der Waals surface area contributed by atoms with Crippen LogP contribution in [0.15, 0.2) is 12.1 Å². The van der Waals surface area contributed by atoms with Crippen LogP contribution >= 0.6 is 12.2 Å². The van der Waals surface area contributed by atoms with E-state index in [2.05, 4.69) is 0 Å². The smallest absolute Gasteiger partial charge is 0.125 e. The topological polar surface area (TPSA) is 44.5 Å². The van der Waals surface area contributed by atoms with Gasteiger partial charge in [-0.05, 0) is 57.9 Å². The van der Waals surface area contributed by atoms with Gasteiger partial charge in [0.05, 0.1) is 12.2 Å². The average molecular weight is 281 g/mol. The number of ether oxygens (including phenoxy) is 2. The van der Waals surface area contributed by atoms with Crippen LogP contribution in [0.2, 0.25) is 0 Å². The molecule has 0 saturated carbocycles. The maximum atomic E-state index is 5.79. The van der Waals surface area contributed by atoms with Crippen LogP contribution in [-0.4, -0.2) is 23.8 Å². The molecule has 0 saturated heterocycles. The Morgan fingerprint density at radius 3 is 2.11 bits per heavy atom. The first-order chi connectivity index (χ1) is 8.70. The van der Waals surface area contributed by atoms with E-state index in [1.54, 1.807) is 0 Å². The summed E-state index contributed by atoms with van der Waals surface area (Å²) in [5.74, 6) is 0.887. The van der Waals surface area contributed by atoms with E-state index in [-0.39, 0.29) is 5.60 Å². The van der Waals surface area contributed by atoms with Gasteiger partial charge in [-0.1, -0.05) is 12.2 Å². The standard InChI is InChI=1S/C15H23NO2S/c1-10-8-12(14(16)19)9-11(2)13(10)17-6-7-18-15(3,4)5/h8-9H,6-7H2,1-5H3,(H2,16,19). The van der Waals surface area contributed by atoms with Gasteiger partial charge in [-0.25, -0.2) is 0 Å². The van der Waals surface area contributed by atoms with Crippen molar-refractivity contribution in [3.63, 3.8) is 0 Å². The molecular weight excluding hydrogens is 258 g/mol. The molecule has 0 fully saturated rings. The summed E-state index contributed by atoms with van der Waals surface area (Å²) in [4.78, 5) is 0.411. The van der Waals surface area contributed by atoms with Gasteiger partial charge >= 0.3 is 0 Å². The van der Waals surface area contributed by atoms with Crippen molar-refractivity contribution in [3.05, 3.63) is 28.8 Å². The molecule has 4 heteroatoms. The largest absolute Gasteiger partial charge is 0.491 e. The third-order valence-corrected chi connectivity index (χ3v) is 2.85. The zero-order chi connectivity index (χ0) is 14.6. The van der Waals surface area contributed by atoms with E-state index < -0.39 is 0 Å². The Morgan fingerprint density at radius 2 is 1.68 bits per heavy atom. The monoisotopic (exact) mass is 281 g/mol. The van der Waals surface area contributed by atoms with Crippen LogP contribution in [-0.2, 0) is 4.74 Å². The maximum Gasteiger partial charge on any atom is 0.125 e. The zero-order valence-electron chi connectivity index (χ0n) is 12.4. The number of benzene rings is 1. The molecule has 0 aromatic heterocycles. The molecule has 0 amide bonds. The molecule has 3 nitrogen and oxygen atoms in total. The summed E-state index contributed by atoms with van der Waals surface area (Å²) < 4.78 is 11.4. The first-order valence-corrected chi connectivity index (χ1v) is 6.79. The summed E-state index contributed by atoms with van der Waals surface area (Å²) in [6.07, 6.45) is 0. The van der Waals surface area contributed by atoms with Crippen molar-refractivity contribution >= 4 is 17.2 Å².